The maximum absolute atomic E-state index is 14.1. The van der Waals surface area contributed by atoms with Gasteiger partial charge in [0, 0.05) is 76.8 Å². The summed E-state index contributed by atoms with van der Waals surface area (Å²) >= 11 is 12.7. The summed E-state index contributed by atoms with van der Waals surface area (Å²) < 4.78 is 0. The number of aryl methyl sites for hydroxylation is 2. The van der Waals surface area contributed by atoms with Crippen LogP contribution >= 0.6 is 23.2 Å². The second-order valence-corrected chi connectivity index (χ2v) is 15.4. The first-order chi connectivity index (χ1) is 25.4. The van der Waals surface area contributed by atoms with Crippen molar-refractivity contribution in [3.63, 3.8) is 0 Å². The van der Waals surface area contributed by atoms with Crippen molar-refractivity contribution in [1.82, 2.24) is 24.9 Å². The third-order valence-corrected chi connectivity index (χ3v) is 11.5. The molecule has 0 radical (unpaired) electrons. The molecule has 4 N–H and O–H groups in total. The Balaban J connectivity index is 1.14. The number of benzene rings is 3. The van der Waals surface area contributed by atoms with Gasteiger partial charge in [0.2, 0.25) is 11.8 Å². The monoisotopic (exact) mass is 761 g/mol. The van der Waals surface area contributed by atoms with Gasteiger partial charge in [-0.05, 0) is 80.6 Å². The predicted octanol–water partition coefficient (Wildman–Crippen LogP) is 4.94. The molecule has 4 aliphatic rings. The molecular formula is C40H49Cl2N7O4. The largest absolute Gasteiger partial charge is 0.508 e. The van der Waals surface area contributed by atoms with Crippen molar-refractivity contribution in [2.75, 3.05) is 46.3 Å². The number of piperazine rings is 2. The van der Waals surface area contributed by atoms with Gasteiger partial charge >= 0.3 is 0 Å². The number of phenolic OH excluding ortho intramolecular Hbond substituents is 1. The van der Waals surface area contributed by atoms with Gasteiger partial charge in [0.05, 0.1) is 16.1 Å². The molecule has 4 unspecified atom stereocenters. The van der Waals surface area contributed by atoms with E-state index < -0.39 is 6.04 Å². The van der Waals surface area contributed by atoms with E-state index in [9.17, 15) is 19.5 Å². The van der Waals surface area contributed by atoms with E-state index in [-0.39, 0.29) is 47.6 Å². The van der Waals surface area contributed by atoms with Crippen molar-refractivity contribution in [1.29, 1.82) is 0 Å². The van der Waals surface area contributed by atoms with Crippen LogP contribution in [0.25, 0.3) is 0 Å². The molecule has 0 spiro atoms. The number of guanidine groups is 1. The van der Waals surface area contributed by atoms with Crippen LogP contribution in [-0.4, -0.2) is 113 Å². The van der Waals surface area contributed by atoms with Crippen molar-refractivity contribution in [3.8, 4) is 5.75 Å². The van der Waals surface area contributed by atoms with Gasteiger partial charge in [-0.3, -0.25) is 24.3 Å². The van der Waals surface area contributed by atoms with Crippen LogP contribution in [-0.2, 0) is 16.0 Å². The van der Waals surface area contributed by atoms with Crippen LogP contribution in [0.4, 0.5) is 0 Å². The van der Waals surface area contributed by atoms with Crippen LogP contribution in [0.2, 0.25) is 10.0 Å². The Kier molecular flexibility index (Phi) is 12.2. The highest BCUT2D eigenvalue weighted by molar-refractivity contribution is 6.42. The summed E-state index contributed by atoms with van der Waals surface area (Å²) in [6.45, 7) is 6.95. The summed E-state index contributed by atoms with van der Waals surface area (Å²) in [5, 5.41) is 13.7. The number of phenols is 1. The van der Waals surface area contributed by atoms with Gasteiger partial charge in [0.25, 0.3) is 5.91 Å². The van der Waals surface area contributed by atoms with Crippen LogP contribution in [0, 0.1) is 13.8 Å². The quantitative estimate of drug-likeness (QED) is 0.208. The minimum atomic E-state index is -0.614. The van der Waals surface area contributed by atoms with Gasteiger partial charge in [-0.1, -0.05) is 58.6 Å². The van der Waals surface area contributed by atoms with E-state index in [1.54, 1.807) is 43.4 Å². The van der Waals surface area contributed by atoms with Crippen LogP contribution in [0.5, 0.6) is 5.75 Å². The van der Waals surface area contributed by atoms with Gasteiger partial charge in [-0.25, -0.2) is 0 Å². The molecule has 2 bridgehead atoms. The van der Waals surface area contributed by atoms with Crippen molar-refractivity contribution in [2.45, 2.75) is 70.1 Å². The van der Waals surface area contributed by atoms with Gasteiger partial charge in [-0.2, -0.15) is 0 Å². The van der Waals surface area contributed by atoms with Crippen LogP contribution < -0.4 is 11.1 Å². The number of amides is 3. The number of nitrogens with two attached hydrogens (primary N) is 1. The second-order valence-electron chi connectivity index (χ2n) is 14.6. The molecule has 4 heterocycles. The Hall–Kier alpha value is -4.32. The first-order valence-electron chi connectivity index (χ1n) is 18.3. The molecule has 11 nitrogen and oxygen atoms in total. The molecule has 3 amide bonds. The lowest BCUT2D eigenvalue weighted by atomic mass is 10.00. The maximum Gasteiger partial charge on any atom is 0.254 e. The maximum atomic E-state index is 14.1. The summed E-state index contributed by atoms with van der Waals surface area (Å²) in [5.74, 6) is 0.281. The Morgan fingerprint density at radius 3 is 2.32 bits per heavy atom. The summed E-state index contributed by atoms with van der Waals surface area (Å²) in [4.78, 5) is 54.1. The van der Waals surface area contributed by atoms with Crippen LogP contribution in [0.3, 0.4) is 0 Å². The third kappa shape index (κ3) is 9.08. The lowest BCUT2D eigenvalue weighted by molar-refractivity contribution is -0.141. The molecule has 4 saturated heterocycles. The van der Waals surface area contributed by atoms with Crippen molar-refractivity contribution in [2.24, 2.45) is 10.7 Å². The Morgan fingerprint density at radius 1 is 0.906 bits per heavy atom. The SMILES string of the molecule is CN=C(N)NC(Cc1ccc(O)cc1)C(=O)N1CC2CCCC1CN2CCC(=O)N1CCN(C(=O)c2cc(C)cc(C)c2)CC1c1ccc(Cl)c(Cl)c1. The highest BCUT2D eigenvalue weighted by atomic mass is 35.5. The number of fused-ring (bicyclic) bond motifs is 4. The van der Waals surface area contributed by atoms with Gasteiger partial charge < -0.3 is 30.9 Å². The van der Waals surface area contributed by atoms with E-state index in [0.717, 1.165) is 41.5 Å². The van der Waals surface area contributed by atoms with Crippen LogP contribution in [0.15, 0.2) is 65.7 Å². The summed E-state index contributed by atoms with van der Waals surface area (Å²) in [5.41, 5.74) is 10.5. The molecule has 4 aliphatic heterocycles. The van der Waals surface area contributed by atoms with Crippen molar-refractivity contribution < 1.29 is 19.5 Å². The highest BCUT2D eigenvalue weighted by Gasteiger charge is 2.41. The number of nitrogens with zero attached hydrogens (tertiary/aromatic N) is 5. The summed E-state index contributed by atoms with van der Waals surface area (Å²) in [6.07, 6.45) is 3.52. The van der Waals surface area contributed by atoms with E-state index in [1.807, 2.05) is 52.8 Å². The fourth-order valence-corrected chi connectivity index (χ4v) is 8.42. The number of hydrogen-bond acceptors (Lipinski definition) is 6. The van der Waals surface area contributed by atoms with E-state index >= 15 is 0 Å². The van der Waals surface area contributed by atoms with Crippen molar-refractivity contribution >= 4 is 46.9 Å². The topological polar surface area (TPSA) is 135 Å². The fourth-order valence-electron chi connectivity index (χ4n) is 8.11. The molecule has 282 valence electrons. The molecule has 53 heavy (non-hydrogen) atoms. The molecule has 3 aromatic carbocycles. The van der Waals surface area contributed by atoms with E-state index in [4.69, 9.17) is 28.9 Å². The normalized spacial score (nSPS) is 21.3. The molecule has 4 atom stereocenters. The van der Waals surface area contributed by atoms with Crippen LogP contribution in [0.1, 0.15) is 64.3 Å². The number of hydrogen-bond donors (Lipinski definition) is 3. The smallest absolute Gasteiger partial charge is 0.254 e. The lowest BCUT2D eigenvalue weighted by Gasteiger charge is -2.45. The minimum absolute atomic E-state index is 0.00374. The summed E-state index contributed by atoms with van der Waals surface area (Å²) in [6, 6.07) is 17.2. The first kappa shape index (κ1) is 38.4. The molecule has 0 saturated carbocycles. The predicted molar refractivity (Wildman–Crippen MR) is 208 cm³/mol. The highest BCUT2D eigenvalue weighted by Crippen LogP contribution is 2.33. The molecule has 13 heteroatoms. The lowest BCUT2D eigenvalue weighted by Crippen LogP contribution is -2.62. The molecular weight excluding hydrogens is 713 g/mol. The molecule has 0 aliphatic carbocycles. The Bertz CT molecular complexity index is 1830. The Morgan fingerprint density at radius 2 is 1.62 bits per heavy atom. The van der Waals surface area contributed by atoms with E-state index in [2.05, 4.69) is 15.2 Å². The van der Waals surface area contributed by atoms with Gasteiger partial charge in [-0.15, -0.1) is 0 Å². The number of carbonyl (C=O) groups is 3. The number of rotatable bonds is 9. The zero-order valence-corrected chi connectivity index (χ0v) is 32.1. The number of nitrogens with one attached hydrogen (secondary N) is 1. The average molecular weight is 763 g/mol. The third-order valence-electron chi connectivity index (χ3n) is 10.8. The van der Waals surface area contributed by atoms with Gasteiger partial charge in [0.15, 0.2) is 5.96 Å². The molecule has 4 fully saturated rings. The zero-order chi connectivity index (χ0) is 37.8. The number of aromatic hydroxyl groups is 1. The number of aliphatic imine (C=N–C) groups is 1. The molecule has 0 aromatic heterocycles. The average Bonchev–Trinajstić information content (AvgIpc) is 3.48. The zero-order valence-electron chi connectivity index (χ0n) is 30.6. The summed E-state index contributed by atoms with van der Waals surface area (Å²) in [7, 11) is 1.58. The number of halogens is 2. The fraction of sp³-hybridized carbons (Fsp3) is 0.450. The standard InChI is InChI=1S/C40H49Cl2N7O4/c1-25-17-26(2)19-29(18-25)38(52)47-15-16-48(36(24-47)28-9-12-33(41)34(42)21-28)37(51)13-14-46-22-31-6-4-5-30(46)23-49(31)39(53)35(45-40(43)44-3)20-27-7-10-32(50)11-8-27/h7-12,17-19,21,30-31,35-36,50H,4-6,13-16,20,22-24H2,1-3H3,(H3,43,44,45). The Labute approximate surface area is 321 Å². The van der Waals surface area contributed by atoms with Crippen molar-refractivity contribution in [3.05, 3.63) is 98.5 Å². The van der Waals surface area contributed by atoms with Gasteiger partial charge in [0.1, 0.15) is 11.8 Å². The first-order valence-corrected chi connectivity index (χ1v) is 19.1. The minimum Gasteiger partial charge on any atom is -0.508 e. The number of carbonyl (C=O) groups excluding carboxylic acids is 3. The second kappa shape index (κ2) is 16.8. The van der Waals surface area contributed by atoms with E-state index in [1.165, 1.54) is 0 Å². The molecule has 3 aromatic rings. The van der Waals surface area contributed by atoms with E-state index in [0.29, 0.717) is 67.7 Å². The molecule has 7 rings (SSSR count).